The third kappa shape index (κ3) is 3.45. The Morgan fingerprint density at radius 1 is 1.08 bits per heavy atom. The van der Waals surface area contributed by atoms with Crippen LogP contribution in [-0.4, -0.2) is 32.5 Å². The molecule has 1 fully saturated rings. The van der Waals surface area contributed by atoms with Crippen molar-refractivity contribution in [2.24, 2.45) is 13.0 Å². The molecule has 1 aromatic carbocycles. The third-order valence-corrected chi connectivity index (χ3v) is 5.28. The second-order valence-corrected chi connectivity index (χ2v) is 7.43. The maximum atomic E-state index is 4.82. The number of fused-ring (bicyclic) bond motifs is 1. The lowest BCUT2D eigenvalue weighted by molar-refractivity contribution is 0.305. The molecule has 0 N–H and O–H groups in total. The van der Waals surface area contributed by atoms with Gasteiger partial charge in [-0.15, -0.1) is 0 Å². The molecule has 0 saturated carbocycles. The smallest absolute Gasteiger partial charge is 0.123 e. The number of benzene rings is 1. The number of likely N-dealkylation sites (tertiary alicyclic amines) is 1. The van der Waals surface area contributed by atoms with E-state index >= 15 is 0 Å². The van der Waals surface area contributed by atoms with Gasteiger partial charge in [0.05, 0.1) is 17.6 Å². The van der Waals surface area contributed by atoms with Gasteiger partial charge in [0, 0.05) is 25.0 Å². The molecular formula is C21H26N4. The van der Waals surface area contributed by atoms with E-state index < -0.39 is 0 Å². The molecule has 1 unspecified atom stereocenters. The largest absolute Gasteiger partial charge is 0.330 e. The van der Waals surface area contributed by atoms with E-state index in [1.54, 1.807) is 0 Å². The van der Waals surface area contributed by atoms with Crippen molar-refractivity contribution < 1.29 is 0 Å². The van der Waals surface area contributed by atoms with E-state index in [9.17, 15) is 0 Å². The van der Waals surface area contributed by atoms with E-state index in [1.165, 1.54) is 17.5 Å². The molecule has 1 aliphatic heterocycles. The Morgan fingerprint density at radius 2 is 1.84 bits per heavy atom. The van der Waals surface area contributed by atoms with Crippen LogP contribution in [0.25, 0.3) is 11.0 Å². The number of rotatable bonds is 4. The second kappa shape index (κ2) is 6.60. The van der Waals surface area contributed by atoms with Crippen LogP contribution in [0.3, 0.4) is 0 Å². The summed E-state index contributed by atoms with van der Waals surface area (Å²) in [5, 5.41) is 0. The van der Waals surface area contributed by atoms with Crippen molar-refractivity contribution >= 4 is 11.0 Å². The molecule has 0 radical (unpaired) electrons. The van der Waals surface area contributed by atoms with Gasteiger partial charge in [0.25, 0.3) is 0 Å². The minimum Gasteiger partial charge on any atom is -0.330 e. The predicted octanol–water partition coefficient (Wildman–Crippen LogP) is 3.65. The summed E-state index contributed by atoms with van der Waals surface area (Å²) in [7, 11) is 2.13. The van der Waals surface area contributed by atoms with Crippen molar-refractivity contribution in [3.8, 4) is 0 Å². The lowest BCUT2D eigenvalue weighted by Crippen LogP contribution is -2.22. The fourth-order valence-corrected chi connectivity index (χ4v) is 4.13. The number of imidazole rings is 1. The van der Waals surface area contributed by atoms with Crippen molar-refractivity contribution in [1.29, 1.82) is 0 Å². The van der Waals surface area contributed by atoms with E-state index in [-0.39, 0.29) is 0 Å². The molecule has 0 spiro atoms. The van der Waals surface area contributed by atoms with Crippen LogP contribution >= 0.6 is 0 Å². The second-order valence-electron chi connectivity index (χ2n) is 7.43. The Bertz CT molecular complexity index is 876. The van der Waals surface area contributed by atoms with E-state index in [2.05, 4.69) is 71.7 Å². The molecular weight excluding hydrogens is 308 g/mol. The van der Waals surface area contributed by atoms with E-state index in [1.807, 2.05) is 0 Å². The van der Waals surface area contributed by atoms with Crippen LogP contribution in [0, 0.1) is 19.8 Å². The van der Waals surface area contributed by atoms with Crippen molar-refractivity contribution in [1.82, 2.24) is 19.4 Å². The fourth-order valence-electron chi connectivity index (χ4n) is 4.13. The molecule has 4 heteroatoms. The summed E-state index contributed by atoms with van der Waals surface area (Å²) in [5.74, 6) is 1.90. The SMILES string of the molecule is Cc1cc(CC2CCN(Cc3nc4ccccc4n3C)C2)cc(C)n1. The molecule has 25 heavy (non-hydrogen) atoms. The Balaban J connectivity index is 1.42. The van der Waals surface area contributed by atoms with Gasteiger partial charge in [-0.05, 0) is 69.0 Å². The highest BCUT2D eigenvalue weighted by Crippen LogP contribution is 2.24. The minimum absolute atomic E-state index is 0.732. The van der Waals surface area contributed by atoms with Crippen molar-refractivity contribution in [3.63, 3.8) is 0 Å². The highest BCUT2D eigenvalue weighted by molar-refractivity contribution is 5.75. The highest BCUT2D eigenvalue weighted by Gasteiger charge is 2.24. The lowest BCUT2D eigenvalue weighted by Gasteiger charge is -2.16. The number of hydrogen-bond acceptors (Lipinski definition) is 3. The molecule has 0 aliphatic carbocycles. The molecule has 4 rings (SSSR count). The summed E-state index contributed by atoms with van der Waals surface area (Å²) in [5.41, 5.74) is 6.00. The van der Waals surface area contributed by atoms with Gasteiger partial charge in [-0.25, -0.2) is 4.98 Å². The zero-order valence-electron chi connectivity index (χ0n) is 15.4. The normalized spacial score (nSPS) is 18.3. The summed E-state index contributed by atoms with van der Waals surface area (Å²) in [4.78, 5) is 11.9. The first-order valence-corrected chi connectivity index (χ1v) is 9.15. The van der Waals surface area contributed by atoms with Gasteiger partial charge in [-0.3, -0.25) is 9.88 Å². The highest BCUT2D eigenvalue weighted by atomic mass is 15.2. The fraction of sp³-hybridized carbons (Fsp3) is 0.429. The van der Waals surface area contributed by atoms with Crippen LogP contribution in [0.4, 0.5) is 0 Å². The number of nitrogens with zero attached hydrogens (tertiary/aromatic N) is 4. The Hall–Kier alpha value is -2.20. The van der Waals surface area contributed by atoms with Crippen LogP contribution in [0.1, 0.15) is 29.2 Å². The Kier molecular flexibility index (Phi) is 4.30. The van der Waals surface area contributed by atoms with Gasteiger partial charge >= 0.3 is 0 Å². The van der Waals surface area contributed by atoms with Gasteiger partial charge in [0.1, 0.15) is 5.82 Å². The summed E-state index contributed by atoms with van der Waals surface area (Å²) >= 11 is 0. The molecule has 3 heterocycles. The topological polar surface area (TPSA) is 34.0 Å². The molecule has 1 aliphatic rings. The standard InChI is InChI=1S/C21H26N4/c1-15-10-18(11-16(2)22-15)12-17-8-9-25(13-17)14-21-23-19-6-4-5-7-20(19)24(21)3/h4-7,10-11,17H,8-9,12-14H2,1-3H3. The van der Waals surface area contributed by atoms with Gasteiger partial charge in [-0.1, -0.05) is 12.1 Å². The molecule has 2 aromatic heterocycles. The number of aromatic nitrogens is 3. The minimum atomic E-state index is 0.732. The summed E-state index contributed by atoms with van der Waals surface area (Å²) in [6, 6.07) is 12.9. The predicted molar refractivity (Wildman–Crippen MR) is 102 cm³/mol. The van der Waals surface area contributed by atoms with E-state index in [0.717, 1.165) is 54.7 Å². The zero-order valence-corrected chi connectivity index (χ0v) is 15.4. The van der Waals surface area contributed by atoms with Crippen LogP contribution in [0.2, 0.25) is 0 Å². The summed E-state index contributed by atoms with van der Waals surface area (Å²) < 4.78 is 2.23. The van der Waals surface area contributed by atoms with E-state index in [0.29, 0.717) is 0 Å². The van der Waals surface area contributed by atoms with Crippen LogP contribution in [-0.2, 0) is 20.0 Å². The van der Waals surface area contributed by atoms with Gasteiger partial charge in [-0.2, -0.15) is 0 Å². The summed E-state index contributed by atoms with van der Waals surface area (Å²) in [6.45, 7) is 7.43. The lowest BCUT2D eigenvalue weighted by atomic mass is 9.98. The molecule has 130 valence electrons. The third-order valence-electron chi connectivity index (χ3n) is 5.28. The maximum absolute atomic E-state index is 4.82. The van der Waals surface area contributed by atoms with Crippen molar-refractivity contribution in [2.45, 2.75) is 33.2 Å². The molecule has 3 aromatic rings. The zero-order chi connectivity index (χ0) is 17.4. The monoisotopic (exact) mass is 334 g/mol. The Morgan fingerprint density at radius 3 is 2.60 bits per heavy atom. The number of hydrogen-bond donors (Lipinski definition) is 0. The first kappa shape index (κ1) is 16.3. The van der Waals surface area contributed by atoms with Crippen LogP contribution in [0.5, 0.6) is 0 Å². The Labute approximate surface area is 149 Å². The van der Waals surface area contributed by atoms with Gasteiger partial charge in [0.2, 0.25) is 0 Å². The molecule has 4 nitrogen and oxygen atoms in total. The average Bonchev–Trinajstić information content (AvgIpc) is 3.12. The number of pyridine rings is 1. The van der Waals surface area contributed by atoms with Crippen molar-refractivity contribution in [3.05, 3.63) is 59.2 Å². The van der Waals surface area contributed by atoms with Crippen LogP contribution in [0.15, 0.2) is 36.4 Å². The first-order valence-electron chi connectivity index (χ1n) is 9.15. The van der Waals surface area contributed by atoms with Gasteiger partial charge in [0.15, 0.2) is 0 Å². The molecule has 0 amide bonds. The molecule has 1 saturated heterocycles. The average molecular weight is 334 g/mol. The van der Waals surface area contributed by atoms with Gasteiger partial charge < -0.3 is 4.57 Å². The maximum Gasteiger partial charge on any atom is 0.123 e. The van der Waals surface area contributed by atoms with Crippen molar-refractivity contribution in [2.75, 3.05) is 13.1 Å². The quantitative estimate of drug-likeness (QED) is 0.730. The molecule has 1 atom stereocenters. The van der Waals surface area contributed by atoms with E-state index in [4.69, 9.17) is 4.98 Å². The first-order chi connectivity index (χ1) is 12.1. The molecule has 0 bridgehead atoms. The number of aryl methyl sites for hydroxylation is 3. The number of para-hydroxylation sites is 2. The summed E-state index contributed by atoms with van der Waals surface area (Å²) in [6.07, 6.45) is 2.42. The van der Waals surface area contributed by atoms with Crippen LogP contribution < -0.4 is 0 Å².